The number of hydrogen-bond acceptors (Lipinski definition) is 3. The van der Waals surface area contributed by atoms with E-state index in [2.05, 4.69) is 5.32 Å². The van der Waals surface area contributed by atoms with E-state index in [1.807, 2.05) is 0 Å². The number of rotatable bonds is 2. The van der Waals surface area contributed by atoms with E-state index in [0.717, 1.165) is 0 Å². The van der Waals surface area contributed by atoms with Crippen LogP contribution < -0.4 is 5.32 Å². The lowest BCUT2D eigenvalue weighted by Crippen LogP contribution is -2.61. The summed E-state index contributed by atoms with van der Waals surface area (Å²) in [4.78, 5) is 12.1. The minimum atomic E-state index is -0.829. The van der Waals surface area contributed by atoms with Gasteiger partial charge in [-0.05, 0) is 13.8 Å². The van der Waals surface area contributed by atoms with Crippen LogP contribution in [0.2, 0.25) is 0 Å². The molecule has 0 aromatic heterocycles. The molecule has 2 rings (SSSR count). The Hall–Kier alpha value is -0.490. The zero-order valence-electron chi connectivity index (χ0n) is 9.66. The third kappa shape index (κ3) is 1.50. The molecular formula is C10H18N2O3+. The molecule has 2 saturated heterocycles. The molecule has 2 unspecified atom stereocenters. The van der Waals surface area contributed by atoms with Crippen LogP contribution in [0.25, 0.3) is 0 Å². The Morgan fingerprint density at radius 3 is 2.33 bits per heavy atom. The van der Waals surface area contributed by atoms with Crippen molar-refractivity contribution in [3.8, 4) is 0 Å². The molecule has 0 aliphatic carbocycles. The Labute approximate surface area is 89.6 Å². The van der Waals surface area contributed by atoms with Gasteiger partial charge in [0.15, 0.2) is 12.2 Å². The molecule has 2 aliphatic rings. The van der Waals surface area contributed by atoms with Crippen molar-refractivity contribution >= 4 is 5.91 Å². The van der Waals surface area contributed by atoms with Gasteiger partial charge in [-0.3, -0.25) is 0 Å². The van der Waals surface area contributed by atoms with E-state index in [-0.39, 0.29) is 18.6 Å². The summed E-state index contributed by atoms with van der Waals surface area (Å²) in [5, 5.41) is 15.7. The maximum absolute atomic E-state index is 12.6. The standard InChI is InChI=1S/C10H18N2O3/c1-9(2)8(13)12(14,5-7-6-15-7)10(3,4)11-9/h7,11H,5-6H2,1-4H3/q+1. The van der Waals surface area contributed by atoms with Crippen LogP contribution in [0.5, 0.6) is 0 Å². The minimum Gasteiger partial charge on any atom is -0.367 e. The number of carbonyl (C=O) groups excluding carboxylic acids is 1. The van der Waals surface area contributed by atoms with Gasteiger partial charge in [0.2, 0.25) is 0 Å². The van der Waals surface area contributed by atoms with Crippen LogP contribution in [0.3, 0.4) is 0 Å². The first-order chi connectivity index (χ1) is 6.69. The van der Waals surface area contributed by atoms with Crippen molar-refractivity contribution in [2.75, 3.05) is 13.2 Å². The number of amides is 1. The van der Waals surface area contributed by atoms with Crippen molar-refractivity contribution in [3.63, 3.8) is 0 Å². The predicted molar refractivity (Wildman–Crippen MR) is 51.9 cm³/mol. The lowest BCUT2D eigenvalue weighted by Gasteiger charge is -2.30. The number of hydrogen-bond donors (Lipinski definition) is 1. The second-order valence-electron chi connectivity index (χ2n) is 5.49. The van der Waals surface area contributed by atoms with E-state index in [9.17, 15) is 10.0 Å². The van der Waals surface area contributed by atoms with Crippen LogP contribution in [-0.2, 0) is 14.7 Å². The molecule has 0 bridgehead atoms. The molecule has 2 atom stereocenters. The third-order valence-electron chi connectivity index (χ3n) is 3.25. The van der Waals surface area contributed by atoms with Crippen LogP contribution in [0.1, 0.15) is 27.7 Å². The summed E-state index contributed by atoms with van der Waals surface area (Å²) in [6.45, 7) is 7.88. The Bertz CT molecular complexity index is 310. The van der Waals surface area contributed by atoms with E-state index < -0.39 is 15.8 Å². The van der Waals surface area contributed by atoms with Crippen molar-refractivity contribution in [1.29, 1.82) is 0 Å². The summed E-state index contributed by atoms with van der Waals surface area (Å²) >= 11 is 0. The molecule has 1 amide bonds. The van der Waals surface area contributed by atoms with Crippen LogP contribution in [0.4, 0.5) is 0 Å². The van der Waals surface area contributed by atoms with Gasteiger partial charge in [-0.25, -0.2) is 10.1 Å². The fourth-order valence-electron chi connectivity index (χ4n) is 2.39. The van der Waals surface area contributed by atoms with Crippen molar-refractivity contribution < 1.29 is 19.4 Å². The van der Waals surface area contributed by atoms with Crippen LogP contribution >= 0.6 is 0 Å². The Balaban J connectivity index is 2.31. The summed E-state index contributed by atoms with van der Waals surface area (Å²) in [6.07, 6.45) is -0.0403. The zero-order chi connectivity index (χ0) is 11.5. The Morgan fingerprint density at radius 2 is 2.00 bits per heavy atom. The van der Waals surface area contributed by atoms with Gasteiger partial charge < -0.3 is 4.74 Å². The van der Waals surface area contributed by atoms with E-state index >= 15 is 0 Å². The number of quaternary nitrogens is 1. The molecule has 0 spiro atoms. The normalized spacial score (nSPS) is 41.9. The maximum atomic E-state index is 12.6. The highest BCUT2D eigenvalue weighted by Gasteiger charge is 2.67. The summed E-state index contributed by atoms with van der Waals surface area (Å²) in [5.41, 5.74) is -1.52. The predicted octanol–water partition coefficient (Wildman–Crippen LogP) is 0.192. The van der Waals surface area contributed by atoms with Gasteiger partial charge in [0.05, 0.1) is 6.61 Å². The highest BCUT2D eigenvalue weighted by Crippen LogP contribution is 2.36. The Kier molecular flexibility index (Phi) is 2.05. The molecule has 2 aliphatic heterocycles. The van der Waals surface area contributed by atoms with Crippen LogP contribution in [0.15, 0.2) is 0 Å². The second-order valence-corrected chi connectivity index (χ2v) is 5.49. The summed E-state index contributed by atoms with van der Waals surface area (Å²) < 4.78 is 4.22. The van der Waals surface area contributed by atoms with E-state index in [1.54, 1.807) is 27.7 Å². The smallest absolute Gasteiger partial charge is 0.367 e. The van der Waals surface area contributed by atoms with Gasteiger partial charge in [0.1, 0.15) is 11.6 Å². The molecule has 5 nitrogen and oxygen atoms in total. The van der Waals surface area contributed by atoms with Crippen LogP contribution in [0, 0.1) is 0 Å². The van der Waals surface area contributed by atoms with Gasteiger partial charge >= 0.3 is 5.91 Å². The number of epoxide rings is 1. The first-order valence-electron chi connectivity index (χ1n) is 5.24. The summed E-state index contributed by atoms with van der Waals surface area (Å²) in [6, 6.07) is 0. The van der Waals surface area contributed by atoms with Gasteiger partial charge in [-0.15, -0.1) is 0 Å². The number of nitrogens with zero attached hydrogens (tertiary/aromatic N) is 1. The lowest BCUT2D eigenvalue weighted by molar-refractivity contribution is -1.10. The number of hydroxylamine groups is 3. The minimum absolute atomic E-state index is 0.0403. The lowest BCUT2D eigenvalue weighted by atomic mass is 10.1. The first kappa shape index (κ1) is 11.0. The van der Waals surface area contributed by atoms with Gasteiger partial charge in [0.25, 0.3) is 0 Å². The van der Waals surface area contributed by atoms with E-state index in [1.165, 1.54) is 0 Å². The largest absolute Gasteiger partial charge is 0.369 e. The molecule has 15 heavy (non-hydrogen) atoms. The molecule has 0 aromatic rings. The van der Waals surface area contributed by atoms with Gasteiger partial charge in [0, 0.05) is 19.1 Å². The molecule has 2 fully saturated rings. The second kappa shape index (κ2) is 2.79. The molecular weight excluding hydrogens is 196 g/mol. The topological polar surface area (TPSA) is 61.5 Å². The van der Waals surface area contributed by atoms with Crippen LogP contribution in [-0.4, -0.2) is 41.0 Å². The quantitative estimate of drug-likeness (QED) is 0.527. The fraction of sp³-hybridized carbons (Fsp3) is 0.900. The third-order valence-corrected chi connectivity index (χ3v) is 3.25. The molecule has 0 saturated carbocycles. The SMILES string of the molecule is CC1(C)NC(C)(C)[N+]([O])(CC2CO2)C1=O. The van der Waals surface area contributed by atoms with Crippen molar-refractivity contribution in [2.24, 2.45) is 0 Å². The van der Waals surface area contributed by atoms with E-state index in [0.29, 0.717) is 6.61 Å². The Morgan fingerprint density at radius 1 is 1.47 bits per heavy atom. The van der Waals surface area contributed by atoms with Crippen molar-refractivity contribution in [2.45, 2.75) is 45.0 Å². The monoisotopic (exact) mass is 214 g/mol. The zero-order valence-corrected chi connectivity index (χ0v) is 9.66. The number of nitrogens with one attached hydrogen (secondary N) is 1. The maximum Gasteiger partial charge on any atom is 0.369 e. The van der Waals surface area contributed by atoms with E-state index in [4.69, 9.17) is 4.74 Å². The fourth-order valence-corrected chi connectivity index (χ4v) is 2.39. The first-order valence-corrected chi connectivity index (χ1v) is 5.24. The molecule has 85 valence electrons. The molecule has 1 radical (unpaired) electrons. The van der Waals surface area contributed by atoms with Crippen molar-refractivity contribution in [3.05, 3.63) is 0 Å². The molecule has 0 aromatic carbocycles. The highest BCUT2D eigenvalue weighted by atomic mass is 16.6. The molecule has 1 N–H and O–H groups in total. The van der Waals surface area contributed by atoms with Crippen molar-refractivity contribution in [1.82, 2.24) is 5.32 Å². The number of carbonyl (C=O) groups is 1. The summed E-state index contributed by atoms with van der Waals surface area (Å²) in [5.74, 6) is -0.303. The molecule has 5 heteroatoms. The summed E-state index contributed by atoms with van der Waals surface area (Å²) in [7, 11) is 0. The average molecular weight is 214 g/mol. The molecule has 2 heterocycles. The van der Waals surface area contributed by atoms with Gasteiger partial charge in [-0.2, -0.15) is 0 Å². The number of ether oxygens (including phenoxy) is 1. The highest BCUT2D eigenvalue weighted by molar-refractivity contribution is 5.81. The average Bonchev–Trinajstić information content (AvgIpc) is 2.81. The van der Waals surface area contributed by atoms with Gasteiger partial charge in [-0.1, -0.05) is 4.65 Å².